The van der Waals surface area contributed by atoms with Crippen molar-refractivity contribution < 1.29 is 15.0 Å². The van der Waals surface area contributed by atoms with Gasteiger partial charge in [0.1, 0.15) is 5.78 Å². The third kappa shape index (κ3) is 1.91. The Morgan fingerprint density at radius 2 is 1.91 bits per heavy atom. The fraction of sp³-hybridized carbons (Fsp3) is 0.947. The van der Waals surface area contributed by atoms with Crippen molar-refractivity contribution in [2.45, 2.75) is 77.4 Å². The van der Waals surface area contributed by atoms with Crippen LogP contribution in [0, 0.1) is 34.5 Å². The summed E-state index contributed by atoms with van der Waals surface area (Å²) in [7, 11) is 0. The monoisotopic (exact) mass is 306 g/mol. The van der Waals surface area contributed by atoms with E-state index < -0.39 is 0 Å². The number of carbonyl (C=O) groups is 1. The van der Waals surface area contributed by atoms with Crippen molar-refractivity contribution in [1.82, 2.24) is 0 Å². The fourth-order valence-electron chi connectivity index (χ4n) is 7.03. The third-order valence-electron chi connectivity index (χ3n) is 8.15. The average Bonchev–Trinajstić information content (AvgIpc) is 2.81. The van der Waals surface area contributed by atoms with Gasteiger partial charge in [-0.1, -0.05) is 20.3 Å². The molecule has 0 aromatic rings. The number of ketones is 1. The van der Waals surface area contributed by atoms with Crippen LogP contribution in [0.1, 0.15) is 65.2 Å². The van der Waals surface area contributed by atoms with Gasteiger partial charge in [-0.05, 0) is 61.2 Å². The van der Waals surface area contributed by atoms with E-state index in [1.165, 1.54) is 19.3 Å². The van der Waals surface area contributed by atoms with E-state index in [4.69, 9.17) is 0 Å². The van der Waals surface area contributed by atoms with E-state index in [1.54, 1.807) is 0 Å². The number of hydrogen-bond donors (Lipinski definition) is 2. The Balaban J connectivity index is 1.73. The molecule has 0 heterocycles. The highest BCUT2D eigenvalue weighted by molar-refractivity contribution is 5.83. The van der Waals surface area contributed by atoms with Gasteiger partial charge in [-0.15, -0.1) is 0 Å². The molecule has 22 heavy (non-hydrogen) atoms. The molecule has 4 rings (SSSR count). The smallest absolute Gasteiger partial charge is 0.136 e. The van der Waals surface area contributed by atoms with Gasteiger partial charge in [-0.3, -0.25) is 4.79 Å². The minimum Gasteiger partial charge on any atom is -0.393 e. The molecule has 2 N–H and O–H groups in total. The molecule has 0 spiro atoms. The zero-order valence-electron chi connectivity index (χ0n) is 13.9. The maximum atomic E-state index is 13.0. The van der Waals surface area contributed by atoms with Crippen molar-refractivity contribution in [3.63, 3.8) is 0 Å². The quantitative estimate of drug-likeness (QED) is 0.723. The minimum atomic E-state index is -0.337. The molecule has 0 aromatic heterocycles. The standard InChI is InChI=1S/C19H30O3/c1-18-6-3-4-13(18)16-14(21)9-11-8-12(20)5-7-19(11,2)17(16)15(22)10-18/h11-13,15-17,20,22H,3-10H2,1-2H3/t11-,12-,13-,15-,16-,17-,18-,19-/m1/s1. The van der Waals surface area contributed by atoms with Gasteiger partial charge in [0.2, 0.25) is 0 Å². The molecule has 4 fully saturated rings. The average molecular weight is 306 g/mol. The largest absolute Gasteiger partial charge is 0.393 e. The molecule has 0 bridgehead atoms. The molecule has 0 saturated heterocycles. The summed E-state index contributed by atoms with van der Waals surface area (Å²) in [6, 6.07) is 0. The van der Waals surface area contributed by atoms with Gasteiger partial charge >= 0.3 is 0 Å². The van der Waals surface area contributed by atoms with Gasteiger partial charge < -0.3 is 10.2 Å². The van der Waals surface area contributed by atoms with E-state index in [1.807, 2.05) is 0 Å². The summed E-state index contributed by atoms with van der Waals surface area (Å²) >= 11 is 0. The summed E-state index contributed by atoms with van der Waals surface area (Å²) in [5.41, 5.74) is 0.217. The molecule has 8 atom stereocenters. The first kappa shape index (κ1) is 15.1. The molecule has 0 aromatic carbocycles. The van der Waals surface area contributed by atoms with Crippen LogP contribution in [-0.4, -0.2) is 28.2 Å². The van der Waals surface area contributed by atoms with E-state index in [0.29, 0.717) is 18.1 Å². The van der Waals surface area contributed by atoms with Crippen molar-refractivity contribution in [2.75, 3.05) is 0 Å². The van der Waals surface area contributed by atoms with Crippen molar-refractivity contribution >= 4 is 5.78 Å². The summed E-state index contributed by atoms with van der Waals surface area (Å²) in [6.07, 6.45) is 7.02. The van der Waals surface area contributed by atoms with Crippen LogP contribution in [0.3, 0.4) is 0 Å². The van der Waals surface area contributed by atoms with Gasteiger partial charge in [0.25, 0.3) is 0 Å². The number of Topliss-reactive ketones (excluding diaryl/α,β-unsaturated/α-hetero) is 1. The molecule has 0 unspecified atom stereocenters. The lowest BCUT2D eigenvalue weighted by Crippen LogP contribution is -2.61. The molecule has 3 nitrogen and oxygen atoms in total. The number of aliphatic hydroxyl groups is 2. The van der Waals surface area contributed by atoms with Crippen LogP contribution in [0.4, 0.5) is 0 Å². The van der Waals surface area contributed by atoms with Crippen LogP contribution in [0.5, 0.6) is 0 Å². The highest BCUT2D eigenvalue weighted by Gasteiger charge is 2.63. The Bertz CT molecular complexity index is 489. The lowest BCUT2D eigenvalue weighted by Gasteiger charge is -2.60. The zero-order chi connectivity index (χ0) is 15.7. The molecule has 0 radical (unpaired) electrons. The SMILES string of the molecule is C[C@]12CCC[C@@H]1[C@@H]1C(=O)C[C@H]3C[C@H](O)CC[C@@]3(C)[C@@H]1[C@H](O)C2. The zero-order valence-corrected chi connectivity index (χ0v) is 13.9. The molecule has 4 saturated carbocycles. The van der Waals surface area contributed by atoms with Gasteiger partial charge in [0, 0.05) is 18.3 Å². The second-order valence-corrected chi connectivity index (χ2v) is 9.28. The maximum Gasteiger partial charge on any atom is 0.136 e. The van der Waals surface area contributed by atoms with E-state index in [0.717, 1.165) is 25.7 Å². The van der Waals surface area contributed by atoms with Crippen molar-refractivity contribution in [1.29, 1.82) is 0 Å². The summed E-state index contributed by atoms with van der Waals surface area (Å²) in [4.78, 5) is 13.0. The molecule has 4 aliphatic rings. The highest BCUT2D eigenvalue weighted by atomic mass is 16.3. The van der Waals surface area contributed by atoms with Crippen molar-refractivity contribution in [3.8, 4) is 0 Å². The molecule has 0 aliphatic heterocycles. The Labute approximate surface area is 133 Å². The number of rotatable bonds is 0. The van der Waals surface area contributed by atoms with Crippen LogP contribution in [-0.2, 0) is 4.79 Å². The van der Waals surface area contributed by atoms with Crippen LogP contribution >= 0.6 is 0 Å². The number of carbonyl (C=O) groups excluding carboxylic acids is 1. The topological polar surface area (TPSA) is 57.5 Å². The summed E-state index contributed by atoms with van der Waals surface area (Å²) < 4.78 is 0. The van der Waals surface area contributed by atoms with Crippen LogP contribution in [0.15, 0.2) is 0 Å². The van der Waals surface area contributed by atoms with E-state index in [-0.39, 0.29) is 40.8 Å². The molecule has 0 amide bonds. The van der Waals surface area contributed by atoms with Crippen molar-refractivity contribution in [2.24, 2.45) is 34.5 Å². The molecular weight excluding hydrogens is 276 g/mol. The van der Waals surface area contributed by atoms with Crippen LogP contribution in [0.2, 0.25) is 0 Å². The normalized spacial score (nSPS) is 57.9. The minimum absolute atomic E-state index is 0.0428. The molecule has 3 heteroatoms. The Hall–Kier alpha value is -0.410. The summed E-state index contributed by atoms with van der Waals surface area (Å²) in [5, 5.41) is 21.0. The highest BCUT2D eigenvalue weighted by Crippen LogP contribution is 2.65. The van der Waals surface area contributed by atoms with Gasteiger partial charge in [-0.25, -0.2) is 0 Å². The molecular formula is C19H30O3. The summed E-state index contributed by atoms with van der Waals surface area (Å²) in [5.74, 6) is 1.34. The van der Waals surface area contributed by atoms with Gasteiger partial charge in [-0.2, -0.15) is 0 Å². The van der Waals surface area contributed by atoms with Crippen LogP contribution < -0.4 is 0 Å². The predicted molar refractivity (Wildman–Crippen MR) is 84.1 cm³/mol. The second-order valence-electron chi connectivity index (χ2n) is 9.28. The first-order valence-corrected chi connectivity index (χ1v) is 9.24. The van der Waals surface area contributed by atoms with Gasteiger partial charge in [0.15, 0.2) is 0 Å². The Morgan fingerprint density at radius 3 is 2.68 bits per heavy atom. The van der Waals surface area contributed by atoms with Crippen molar-refractivity contribution in [3.05, 3.63) is 0 Å². The molecule has 124 valence electrons. The number of aliphatic hydroxyl groups excluding tert-OH is 2. The Kier molecular flexibility index (Phi) is 3.30. The van der Waals surface area contributed by atoms with E-state index >= 15 is 0 Å². The number of fused-ring (bicyclic) bond motifs is 5. The van der Waals surface area contributed by atoms with Crippen LogP contribution in [0.25, 0.3) is 0 Å². The fourth-order valence-corrected chi connectivity index (χ4v) is 7.03. The maximum absolute atomic E-state index is 13.0. The Morgan fingerprint density at radius 1 is 1.14 bits per heavy atom. The van der Waals surface area contributed by atoms with E-state index in [2.05, 4.69) is 13.8 Å². The lowest BCUT2D eigenvalue weighted by molar-refractivity contribution is -0.181. The first-order valence-electron chi connectivity index (χ1n) is 9.24. The predicted octanol–water partition coefficient (Wildman–Crippen LogP) is 2.93. The van der Waals surface area contributed by atoms with E-state index in [9.17, 15) is 15.0 Å². The number of hydrogen-bond acceptors (Lipinski definition) is 3. The molecule has 4 aliphatic carbocycles. The summed E-state index contributed by atoms with van der Waals surface area (Å²) in [6.45, 7) is 4.60. The second kappa shape index (κ2) is 4.80. The third-order valence-corrected chi connectivity index (χ3v) is 8.15. The van der Waals surface area contributed by atoms with Gasteiger partial charge in [0.05, 0.1) is 12.2 Å². The lowest BCUT2D eigenvalue weighted by atomic mass is 9.44. The first-order chi connectivity index (χ1) is 10.3.